The molecule has 4 nitrogen and oxygen atoms in total. The summed E-state index contributed by atoms with van der Waals surface area (Å²) in [6.07, 6.45) is 4.05. The van der Waals surface area contributed by atoms with Gasteiger partial charge in [-0.3, -0.25) is 0 Å². The summed E-state index contributed by atoms with van der Waals surface area (Å²) in [4.78, 5) is 11.3. The van der Waals surface area contributed by atoms with Crippen LogP contribution in [-0.4, -0.2) is 25.3 Å². The van der Waals surface area contributed by atoms with Gasteiger partial charge in [0.25, 0.3) is 0 Å². The molecule has 24 heavy (non-hydrogen) atoms. The Hall–Kier alpha value is -0.160. The predicted octanol–water partition coefficient (Wildman–Crippen LogP) is 5.95. The quantitative estimate of drug-likeness (QED) is 0.179. The summed E-state index contributed by atoms with van der Waals surface area (Å²) >= 11 is 0. The molecule has 0 aliphatic rings. The highest BCUT2D eigenvalue weighted by atomic mass is 17.3. The first-order valence-electron chi connectivity index (χ1n) is 9.70. The topological polar surface area (TPSA) is 36.9 Å². The Morgan fingerprint density at radius 2 is 1.54 bits per heavy atom. The van der Waals surface area contributed by atoms with Gasteiger partial charge in [0.1, 0.15) is 0 Å². The summed E-state index contributed by atoms with van der Waals surface area (Å²) in [6, 6.07) is 0. The first-order valence-corrected chi connectivity index (χ1v) is 9.70. The molecule has 0 aliphatic heterocycles. The van der Waals surface area contributed by atoms with E-state index in [1.807, 2.05) is 0 Å². The summed E-state index contributed by atoms with van der Waals surface area (Å²) < 4.78 is 12.5. The zero-order chi connectivity index (χ0) is 18.8. The summed E-state index contributed by atoms with van der Waals surface area (Å²) in [5.74, 6) is -0.184. The highest BCUT2D eigenvalue weighted by Crippen LogP contribution is 2.38. The second-order valence-corrected chi connectivity index (χ2v) is 8.44. The third-order valence-corrected chi connectivity index (χ3v) is 4.17. The molecule has 0 radical (unpaired) electrons. The Kier molecular flexibility index (Phi) is 11.4. The van der Waals surface area contributed by atoms with Crippen LogP contribution < -0.4 is 0 Å². The van der Waals surface area contributed by atoms with Crippen molar-refractivity contribution >= 4 is 0 Å². The van der Waals surface area contributed by atoms with E-state index in [0.29, 0.717) is 25.0 Å². The molecule has 0 aromatic rings. The third kappa shape index (κ3) is 8.80. The van der Waals surface area contributed by atoms with Crippen molar-refractivity contribution in [2.75, 3.05) is 13.2 Å². The minimum Gasteiger partial charge on any atom is -0.325 e. The van der Waals surface area contributed by atoms with E-state index < -0.39 is 5.97 Å². The lowest BCUT2D eigenvalue weighted by atomic mass is 9.92. The molecule has 0 aliphatic carbocycles. The molecule has 146 valence electrons. The molecule has 0 rings (SSSR count). The molecule has 0 amide bonds. The molecule has 0 N–H and O–H groups in total. The third-order valence-electron chi connectivity index (χ3n) is 4.17. The van der Waals surface area contributed by atoms with E-state index >= 15 is 0 Å². The van der Waals surface area contributed by atoms with E-state index in [1.165, 1.54) is 0 Å². The van der Waals surface area contributed by atoms with E-state index in [0.717, 1.165) is 25.7 Å². The van der Waals surface area contributed by atoms with Crippen LogP contribution in [0.25, 0.3) is 0 Å². The van der Waals surface area contributed by atoms with Gasteiger partial charge in [0.05, 0.1) is 19.3 Å². The van der Waals surface area contributed by atoms with Crippen LogP contribution in [-0.2, 0) is 19.2 Å². The molecule has 0 saturated carbocycles. The molecule has 0 aromatic heterocycles. The Bertz CT molecular complexity index is 311. The van der Waals surface area contributed by atoms with Crippen LogP contribution in [0.4, 0.5) is 0 Å². The van der Waals surface area contributed by atoms with Gasteiger partial charge in [-0.05, 0) is 31.6 Å². The lowest BCUT2D eigenvalue weighted by molar-refractivity contribution is -0.541. The van der Waals surface area contributed by atoms with Gasteiger partial charge in [0.15, 0.2) is 0 Å². The van der Waals surface area contributed by atoms with Crippen LogP contribution in [0.3, 0.4) is 0 Å². The fourth-order valence-corrected chi connectivity index (χ4v) is 2.10. The van der Waals surface area contributed by atoms with E-state index in [9.17, 15) is 0 Å². The second-order valence-electron chi connectivity index (χ2n) is 8.44. The monoisotopic (exact) mass is 346 g/mol. The van der Waals surface area contributed by atoms with Gasteiger partial charge in [-0.1, -0.05) is 68.2 Å². The molecule has 0 bridgehead atoms. The lowest BCUT2D eigenvalue weighted by Gasteiger charge is -2.43. The van der Waals surface area contributed by atoms with Crippen molar-refractivity contribution in [2.24, 2.45) is 17.3 Å². The van der Waals surface area contributed by atoms with Crippen molar-refractivity contribution in [1.82, 2.24) is 0 Å². The molecule has 0 aromatic carbocycles. The van der Waals surface area contributed by atoms with Crippen molar-refractivity contribution in [3.63, 3.8) is 0 Å². The van der Waals surface area contributed by atoms with Crippen LogP contribution in [0.2, 0.25) is 0 Å². The molecule has 0 saturated heterocycles. The average Bonchev–Trinajstić information content (AvgIpc) is 2.47. The fourth-order valence-electron chi connectivity index (χ4n) is 2.10. The fraction of sp³-hybridized carbons (Fsp3) is 1.00. The van der Waals surface area contributed by atoms with Crippen molar-refractivity contribution < 1.29 is 19.2 Å². The Morgan fingerprint density at radius 3 is 2.00 bits per heavy atom. The largest absolute Gasteiger partial charge is 0.325 e. The van der Waals surface area contributed by atoms with Crippen molar-refractivity contribution in [2.45, 2.75) is 100 Å². The lowest BCUT2D eigenvalue weighted by Crippen LogP contribution is -2.52. The maximum Gasteiger partial charge on any atom is 0.317 e. The second kappa shape index (κ2) is 11.5. The standard InChI is InChI=1S/C20H42O4/c1-10-12-18(6)23-20(19(7,8)9,21-15-17(5)11-2)24-22-14-13-16(3)4/h16-18H,10-15H2,1-9H3. The molecule has 4 heteroatoms. The molecule has 0 spiro atoms. The van der Waals surface area contributed by atoms with Gasteiger partial charge in [-0.2, -0.15) is 4.89 Å². The molecule has 3 unspecified atom stereocenters. The van der Waals surface area contributed by atoms with Crippen LogP contribution >= 0.6 is 0 Å². The van der Waals surface area contributed by atoms with Gasteiger partial charge < -0.3 is 9.47 Å². The average molecular weight is 347 g/mol. The highest BCUT2D eigenvalue weighted by Gasteiger charge is 2.49. The first-order chi connectivity index (χ1) is 11.1. The highest BCUT2D eigenvalue weighted by molar-refractivity contribution is 4.77. The maximum absolute atomic E-state index is 6.28. The predicted molar refractivity (Wildman–Crippen MR) is 99.5 cm³/mol. The Labute approximate surface area is 150 Å². The van der Waals surface area contributed by atoms with Crippen molar-refractivity contribution in [1.29, 1.82) is 0 Å². The smallest absolute Gasteiger partial charge is 0.317 e. The van der Waals surface area contributed by atoms with E-state index in [-0.39, 0.29) is 11.5 Å². The van der Waals surface area contributed by atoms with Crippen LogP contribution in [0.15, 0.2) is 0 Å². The molecule has 0 heterocycles. The SMILES string of the molecule is CCCC(C)OC(OCC(C)CC)(OOCCC(C)C)C(C)(C)C. The van der Waals surface area contributed by atoms with E-state index in [2.05, 4.69) is 62.3 Å². The number of rotatable bonds is 13. The summed E-state index contributed by atoms with van der Waals surface area (Å²) in [5, 5.41) is 0. The number of hydrogen-bond donors (Lipinski definition) is 0. The number of ether oxygens (including phenoxy) is 2. The van der Waals surface area contributed by atoms with E-state index in [1.54, 1.807) is 0 Å². The minimum atomic E-state index is -1.19. The van der Waals surface area contributed by atoms with Crippen LogP contribution in [0.5, 0.6) is 0 Å². The Morgan fingerprint density at radius 1 is 0.917 bits per heavy atom. The van der Waals surface area contributed by atoms with Crippen molar-refractivity contribution in [3.05, 3.63) is 0 Å². The van der Waals surface area contributed by atoms with E-state index in [4.69, 9.17) is 19.2 Å². The van der Waals surface area contributed by atoms with Crippen LogP contribution in [0, 0.1) is 17.3 Å². The Balaban J connectivity index is 5.12. The van der Waals surface area contributed by atoms with Gasteiger partial charge in [0.2, 0.25) is 0 Å². The summed E-state index contributed by atoms with van der Waals surface area (Å²) in [5.41, 5.74) is -0.375. The molecular formula is C20H42O4. The zero-order valence-electron chi connectivity index (χ0n) is 17.6. The first kappa shape index (κ1) is 23.8. The van der Waals surface area contributed by atoms with Gasteiger partial charge in [0, 0.05) is 5.41 Å². The maximum atomic E-state index is 6.28. The van der Waals surface area contributed by atoms with Gasteiger partial charge in [-0.25, -0.2) is 4.89 Å². The minimum absolute atomic E-state index is 0.0415. The summed E-state index contributed by atoms with van der Waals surface area (Å²) in [6.45, 7) is 20.2. The molecule has 3 atom stereocenters. The normalized spacial score (nSPS) is 17.8. The summed E-state index contributed by atoms with van der Waals surface area (Å²) in [7, 11) is 0. The van der Waals surface area contributed by atoms with Crippen molar-refractivity contribution in [3.8, 4) is 0 Å². The van der Waals surface area contributed by atoms with Gasteiger partial charge in [-0.15, -0.1) is 0 Å². The molecular weight excluding hydrogens is 304 g/mol. The number of hydrogen-bond acceptors (Lipinski definition) is 4. The molecule has 0 fully saturated rings. The van der Waals surface area contributed by atoms with Gasteiger partial charge >= 0.3 is 5.97 Å². The zero-order valence-corrected chi connectivity index (χ0v) is 17.6. The van der Waals surface area contributed by atoms with Crippen LogP contribution in [0.1, 0.15) is 88.0 Å².